The van der Waals surface area contributed by atoms with Gasteiger partial charge in [0, 0.05) is 23.2 Å². The maximum atomic E-state index is 12.3. The summed E-state index contributed by atoms with van der Waals surface area (Å²) in [5.74, 6) is -0.215. The summed E-state index contributed by atoms with van der Waals surface area (Å²) < 4.78 is 5.41. The van der Waals surface area contributed by atoms with E-state index in [0.717, 1.165) is 16.8 Å². The van der Waals surface area contributed by atoms with Crippen molar-refractivity contribution in [3.8, 4) is 17.2 Å². The number of pyridine rings is 1. The quantitative estimate of drug-likeness (QED) is 0.777. The van der Waals surface area contributed by atoms with Crippen LogP contribution in [0.2, 0.25) is 0 Å². The molecular weight excluding hydrogens is 376 g/mol. The van der Waals surface area contributed by atoms with Gasteiger partial charge in [0.25, 0.3) is 0 Å². The smallest absolute Gasteiger partial charge is 0.338 e. The van der Waals surface area contributed by atoms with Crippen molar-refractivity contribution in [1.29, 1.82) is 5.26 Å². The van der Waals surface area contributed by atoms with Crippen LogP contribution in [0.25, 0.3) is 17.2 Å². The Bertz CT molecular complexity index is 1020. The maximum absolute atomic E-state index is 12.3. The standard InChI is InChI=1S/C25H26N2O3/c1-15-12-25(29)23(17(3)30-24(25)28)21(16(15)2)11-10-20-9-8-19(14-27-20)22-7-5-4-6-18(22)13-26/h4-11,14-17,21,23,29H,12H2,1-3H3/b11-10+/t15-,16+,17+,21?,23-,25-/m0/s1. The summed E-state index contributed by atoms with van der Waals surface area (Å²) in [7, 11) is 0. The third-order valence-electron chi connectivity index (χ3n) is 6.89. The number of benzene rings is 1. The van der Waals surface area contributed by atoms with Crippen molar-refractivity contribution in [1.82, 2.24) is 4.98 Å². The fraction of sp³-hybridized carbons (Fsp3) is 0.400. The van der Waals surface area contributed by atoms with Gasteiger partial charge < -0.3 is 9.84 Å². The zero-order valence-corrected chi connectivity index (χ0v) is 17.4. The largest absolute Gasteiger partial charge is 0.460 e. The van der Waals surface area contributed by atoms with Crippen LogP contribution in [0.1, 0.15) is 38.4 Å². The molecule has 1 aromatic carbocycles. The van der Waals surface area contributed by atoms with Gasteiger partial charge in [0.1, 0.15) is 6.10 Å². The lowest BCUT2D eigenvalue weighted by atomic mass is 9.60. The molecule has 0 bridgehead atoms. The monoisotopic (exact) mass is 402 g/mol. The van der Waals surface area contributed by atoms with E-state index in [1.807, 2.05) is 43.3 Å². The van der Waals surface area contributed by atoms with E-state index in [1.165, 1.54) is 0 Å². The van der Waals surface area contributed by atoms with E-state index in [0.29, 0.717) is 17.9 Å². The Morgan fingerprint density at radius 1 is 1.23 bits per heavy atom. The van der Waals surface area contributed by atoms with Crippen LogP contribution in [0, 0.1) is 35.0 Å². The fourth-order valence-electron chi connectivity index (χ4n) is 5.10. The van der Waals surface area contributed by atoms with Gasteiger partial charge in [0.15, 0.2) is 5.60 Å². The van der Waals surface area contributed by atoms with Gasteiger partial charge in [-0.25, -0.2) is 4.79 Å². The number of ether oxygens (including phenoxy) is 1. The molecular formula is C25H26N2O3. The van der Waals surface area contributed by atoms with E-state index in [4.69, 9.17) is 4.74 Å². The van der Waals surface area contributed by atoms with Crippen LogP contribution < -0.4 is 0 Å². The normalized spacial score (nSPS) is 33.2. The van der Waals surface area contributed by atoms with Crippen molar-refractivity contribution in [2.24, 2.45) is 23.7 Å². The lowest BCUT2D eigenvalue weighted by molar-refractivity contribution is -0.160. The Balaban J connectivity index is 1.60. The van der Waals surface area contributed by atoms with Crippen LogP contribution in [-0.2, 0) is 9.53 Å². The molecule has 4 rings (SSSR count). The van der Waals surface area contributed by atoms with Gasteiger partial charge in [-0.1, -0.05) is 44.2 Å². The minimum Gasteiger partial charge on any atom is -0.460 e. The highest BCUT2D eigenvalue weighted by Gasteiger charge is 2.61. The molecule has 2 aliphatic rings. The van der Waals surface area contributed by atoms with Crippen molar-refractivity contribution < 1.29 is 14.6 Å². The number of hydrogen-bond donors (Lipinski definition) is 1. The fourth-order valence-corrected chi connectivity index (χ4v) is 5.10. The highest BCUT2D eigenvalue weighted by Crippen LogP contribution is 2.51. The summed E-state index contributed by atoms with van der Waals surface area (Å²) in [6.45, 7) is 6.11. The molecule has 0 amide bonds. The Morgan fingerprint density at radius 2 is 2.00 bits per heavy atom. The SMILES string of the molecule is C[C@H]1C[C@@]2(O)C(=O)O[C@H](C)[C@H]2C(/C=C/c2ccc(-c3ccccc3C#N)cn2)[C@@H]1C. The molecule has 5 heteroatoms. The van der Waals surface area contributed by atoms with E-state index in [2.05, 4.69) is 31.0 Å². The molecule has 154 valence electrons. The van der Waals surface area contributed by atoms with Gasteiger partial charge in [-0.15, -0.1) is 0 Å². The highest BCUT2D eigenvalue weighted by molar-refractivity contribution is 5.82. The molecule has 1 aliphatic carbocycles. The van der Waals surface area contributed by atoms with Crippen LogP contribution in [-0.4, -0.2) is 27.8 Å². The number of nitrogens with zero attached hydrogens (tertiary/aromatic N) is 2. The summed E-state index contributed by atoms with van der Waals surface area (Å²) in [6.07, 6.45) is 5.92. The summed E-state index contributed by atoms with van der Waals surface area (Å²) in [4.78, 5) is 16.8. The first-order valence-electron chi connectivity index (χ1n) is 10.4. The van der Waals surface area contributed by atoms with Gasteiger partial charge in [-0.3, -0.25) is 4.98 Å². The predicted molar refractivity (Wildman–Crippen MR) is 114 cm³/mol. The summed E-state index contributed by atoms with van der Waals surface area (Å²) in [5, 5.41) is 20.4. The van der Waals surface area contributed by atoms with Crippen molar-refractivity contribution in [3.05, 3.63) is 59.9 Å². The number of nitriles is 1. The number of fused-ring (bicyclic) bond motifs is 1. The lowest BCUT2D eigenvalue weighted by Gasteiger charge is -2.44. The molecule has 1 aromatic heterocycles. The third kappa shape index (κ3) is 3.32. The topological polar surface area (TPSA) is 83.2 Å². The summed E-state index contributed by atoms with van der Waals surface area (Å²) in [6, 6.07) is 13.5. The first kappa shape index (κ1) is 20.3. The Morgan fingerprint density at radius 3 is 2.70 bits per heavy atom. The summed E-state index contributed by atoms with van der Waals surface area (Å²) in [5.41, 5.74) is 1.75. The second-order valence-electron chi connectivity index (χ2n) is 8.67. The van der Waals surface area contributed by atoms with Crippen LogP contribution in [0.5, 0.6) is 0 Å². The van der Waals surface area contributed by atoms with Gasteiger partial charge in [0.2, 0.25) is 0 Å². The average molecular weight is 402 g/mol. The predicted octanol–water partition coefficient (Wildman–Crippen LogP) is 4.22. The van der Waals surface area contributed by atoms with Crippen LogP contribution in [0.15, 0.2) is 48.7 Å². The molecule has 1 saturated heterocycles. The van der Waals surface area contributed by atoms with E-state index >= 15 is 0 Å². The van der Waals surface area contributed by atoms with Crippen molar-refractivity contribution >= 4 is 12.0 Å². The number of aromatic nitrogens is 1. The van der Waals surface area contributed by atoms with Gasteiger partial charge >= 0.3 is 5.97 Å². The zero-order chi connectivity index (χ0) is 21.5. The number of allylic oxidation sites excluding steroid dienone is 1. The number of rotatable bonds is 3. The van der Waals surface area contributed by atoms with Gasteiger partial charge in [-0.05, 0) is 49.3 Å². The van der Waals surface area contributed by atoms with Crippen LogP contribution >= 0.6 is 0 Å². The maximum Gasteiger partial charge on any atom is 0.338 e. The summed E-state index contributed by atoms with van der Waals surface area (Å²) >= 11 is 0. The first-order chi connectivity index (χ1) is 14.3. The molecule has 1 aliphatic heterocycles. The Kier molecular flexibility index (Phi) is 5.21. The number of aliphatic hydroxyl groups is 1. The molecule has 1 saturated carbocycles. The molecule has 6 atom stereocenters. The number of cyclic esters (lactones) is 1. The van der Waals surface area contributed by atoms with E-state index in [-0.39, 0.29) is 23.9 Å². The molecule has 5 nitrogen and oxygen atoms in total. The second kappa shape index (κ2) is 7.70. The molecule has 2 fully saturated rings. The molecule has 1 unspecified atom stereocenters. The third-order valence-corrected chi connectivity index (χ3v) is 6.89. The van der Waals surface area contributed by atoms with Gasteiger partial charge in [-0.2, -0.15) is 5.26 Å². The van der Waals surface area contributed by atoms with Crippen LogP contribution in [0.4, 0.5) is 0 Å². The molecule has 2 heterocycles. The minimum atomic E-state index is -1.40. The van der Waals surface area contributed by atoms with E-state index in [1.54, 1.807) is 12.3 Å². The first-order valence-corrected chi connectivity index (χ1v) is 10.4. The lowest BCUT2D eigenvalue weighted by Crippen LogP contribution is -2.52. The van der Waals surface area contributed by atoms with E-state index in [9.17, 15) is 15.2 Å². The Hall–Kier alpha value is -2.97. The number of esters is 1. The number of carbonyl (C=O) groups is 1. The highest BCUT2D eigenvalue weighted by atomic mass is 16.6. The van der Waals surface area contributed by atoms with Crippen molar-refractivity contribution in [3.63, 3.8) is 0 Å². The minimum absolute atomic E-state index is 0.0148. The second-order valence-corrected chi connectivity index (χ2v) is 8.67. The molecule has 30 heavy (non-hydrogen) atoms. The van der Waals surface area contributed by atoms with Crippen molar-refractivity contribution in [2.45, 2.75) is 38.9 Å². The zero-order valence-electron chi connectivity index (χ0n) is 17.4. The van der Waals surface area contributed by atoms with Crippen molar-refractivity contribution in [2.75, 3.05) is 0 Å². The molecule has 2 aromatic rings. The van der Waals surface area contributed by atoms with Crippen LogP contribution in [0.3, 0.4) is 0 Å². The molecule has 0 radical (unpaired) electrons. The van der Waals surface area contributed by atoms with Gasteiger partial charge in [0.05, 0.1) is 17.3 Å². The number of carbonyl (C=O) groups excluding carboxylic acids is 1. The van der Waals surface area contributed by atoms with E-state index < -0.39 is 11.6 Å². The molecule has 0 spiro atoms. The number of hydrogen-bond acceptors (Lipinski definition) is 5. The molecule has 1 N–H and O–H groups in total. The average Bonchev–Trinajstić information content (AvgIpc) is 2.97. The Labute approximate surface area is 177 Å².